The average molecular weight is 417 g/mol. The van der Waals surface area contributed by atoms with Gasteiger partial charge in [0, 0.05) is 17.5 Å². The number of pyridine rings is 1. The molecule has 0 unspecified atom stereocenters. The molecule has 1 N–H and O–H groups in total. The summed E-state index contributed by atoms with van der Waals surface area (Å²) in [4.78, 5) is 17.2. The lowest BCUT2D eigenvalue weighted by Crippen LogP contribution is -2.23. The normalized spacial score (nSPS) is 11.3. The molecule has 0 aliphatic heterocycles. The van der Waals surface area contributed by atoms with E-state index in [2.05, 4.69) is 44.3 Å². The predicted molar refractivity (Wildman–Crippen MR) is 121 cm³/mol. The first kappa shape index (κ1) is 20.8. The van der Waals surface area contributed by atoms with Crippen molar-refractivity contribution in [3.8, 4) is 5.69 Å². The summed E-state index contributed by atoms with van der Waals surface area (Å²) in [6.07, 6.45) is 2.65. The van der Waals surface area contributed by atoms with Crippen LogP contribution in [0.25, 0.3) is 16.7 Å². The fourth-order valence-electron chi connectivity index (χ4n) is 4.04. The standard InChI is InChI=1S/C25H28N4O2/c1-15-8-9-20(13-16(15)2)29-25-24(19(5)28-29)17(3)22(18(4)27-25)10-11-23(30)26-14-21-7-6-12-31-21/h6-9,12-13H,10-11,14H2,1-5H3,(H,26,30). The van der Waals surface area contributed by atoms with Crippen LogP contribution in [0.2, 0.25) is 0 Å². The molecule has 4 rings (SSSR count). The highest BCUT2D eigenvalue weighted by Gasteiger charge is 2.18. The molecule has 3 heterocycles. The highest BCUT2D eigenvalue weighted by Crippen LogP contribution is 2.28. The third-order valence-corrected chi connectivity index (χ3v) is 5.95. The molecule has 160 valence electrons. The van der Waals surface area contributed by atoms with Crippen LogP contribution in [-0.4, -0.2) is 20.7 Å². The summed E-state index contributed by atoms with van der Waals surface area (Å²) in [6.45, 7) is 10.8. The Labute approximate surface area is 182 Å². The Morgan fingerprint density at radius 1 is 1.06 bits per heavy atom. The van der Waals surface area contributed by atoms with Gasteiger partial charge in [-0.15, -0.1) is 0 Å². The largest absolute Gasteiger partial charge is 0.467 e. The van der Waals surface area contributed by atoms with Crippen LogP contribution >= 0.6 is 0 Å². The fourth-order valence-corrected chi connectivity index (χ4v) is 4.04. The Morgan fingerprint density at radius 3 is 2.58 bits per heavy atom. The van der Waals surface area contributed by atoms with Crippen LogP contribution in [0.1, 0.15) is 45.8 Å². The second kappa shape index (κ2) is 8.38. The van der Waals surface area contributed by atoms with E-state index in [9.17, 15) is 4.79 Å². The van der Waals surface area contributed by atoms with Crippen molar-refractivity contribution >= 4 is 16.9 Å². The first-order valence-electron chi connectivity index (χ1n) is 10.6. The summed E-state index contributed by atoms with van der Waals surface area (Å²) in [5.74, 6) is 0.746. The average Bonchev–Trinajstić information content (AvgIpc) is 3.36. The molecule has 0 bridgehead atoms. The second-order valence-corrected chi connectivity index (χ2v) is 8.12. The van der Waals surface area contributed by atoms with Crippen LogP contribution in [0.5, 0.6) is 0 Å². The number of furan rings is 1. The zero-order chi connectivity index (χ0) is 22.1. The van der Waals surface area contributed by atoms with E-state index in [0.29, 0.717) is 19.4 Å². The van der Waals surface area contributed by atoms with Crippen molar-refractivity contribution in [1.82, 2.24) is 20.1 Å². The number of fused-ring (bicyclic) bond motifs is 1. The summed E-state index contributed by atoms with van der Waals surface area (Å²) in [5, 5.41) is 8.76. The SMILES string of the molecule is Cc1ccc(-n2nc(C)c3c(C)c(CCC(=O)NCc4ccco4)c(C)nc32)cc1C. The van der Waals surface area contributed by atoms with Crippen LogP contribution in [0, 0.1) is 34.6 Å². The maximum Gasteiger partial charge on any atom is 0.220 e. The smallest absolute Gasteiger partial charge is 0.220 e. The van der Waals surface area contributed by atoms with Gasteiger partial charge in [-0.05, 0) is 87.6 Å². The van der Waals surface area contributed by atoms with Gasteiger partial charge in [-0.25, -0.2) is 9.67 Å². The number of carbonyl (C=O) groups is 1. The van der Waals surface area contributed by atoms with E-state index >= 15 is 0 Å². The second-order valence-electron chi connectivity index (χ2n) is 8.12. The topological polar surface area (TPSA) is 73.0 Å². The molecule has 3 aromatic heterocycles. The van der Waals surface area contributed by atoms with E-state index in [1.807, 2.05) is 30.7 Å². The van der Waals surface area contributed by atoms with Gasteiger partial charge in [0.05, 0.1) is 24.2 Å². The van der Waals surface area contributed by atoms with Gasteiger partial charge in [0.2, 0.25) is 5.91 Å². The maximum absolute atomic E-state index is 12.3. The summed E-state index contributed by atoms with van der Waals surface area (Å²) in [6, 6.07) is 10.0. The van der Waals surface area contributed by atoms with Gasteiger partial charge >= 0.3 is 0 Å². The molecular weight excluding hydrogens is 388 g/mol. The molecule has 0 saturated heterocycles. The lowest BCUT2D eigenvalue weighted by atomic mass is 9.99. The first-order valence-corrected chi connectivity index (χ1v) is 10.6. The molecule has 0 fully saturated rings. The Hall–Kier alpha value is -3.41. The summed E-state index contributed by atoms with van der Waals surface area (Å²) in [5.41, 5.74) is 8.50. The van der Waals surface area contributed by atoms with Gasteiger partial charge in [0.1, 0.15) is 5.76 Å². The molecule has 0 saturated carbocycles. The Morgan fingerprint density at radius 2 is 1.87 bits per heavy atom. The van der Waals surface area contributed by atoms with E-state index in [1.54, 1.807) is 6.26 Å². The zero-order valence-corrected chi connectivity index (χ0v) is 18.7. The van der Waals surface area contributed by atoms with E-state index in [1.165, 1.54) is 11.1 Å². The van der Waals surface area contributed by atoms with E-state index in [4.69, 9.17) is 14.5 Å². The summed E-state index contributed by atoms with van der Waals surface area (Å²) < 4.78 is 7.19. The fraction of sp³-hybridized carbons (Fsp3) is 0.320. The van der Waals surface area contributed by atoms with Gasteiger partial charge in [-0.2, -0.15) is 5.10 Å². The number of aryl methyl sites for hydroxylation is 5. The van der Waals surface area contributed by atoms with Crippen LogP contribution < -0.4 is 5.32 Å². The van der Waals surface area contributed by atoms with Gasteiger partial charge in [0.25, 0.3) is 0 Å². The number of benzene rings is 1. The minimum absolute atomic E-state index is 0.00200. The minimum atomic E-state index is -0.00200. The molecule has 31 heavy (non-hydrogen) atoms. The Kier molecular flexibility index (Phi) is 5.63. The van der Waals surface area contributed by atoms with Gasteiger partial charge in [0.15, 0.2) is 5.65 Å². The number of aromatic nitrogens is 3. The Bertz CT molecular complexity index is 1250. The van der Waals surface area contributed by atoms with Gasteiger partial charge in [-0.3, -0.25) is 4.79 Å². The highest BCUT2D eigenvalue weighted by atomic mass is 16.3. The number of nitrogens with zero attached hydrogens (tertiary/aromatic N) is 3. The zero-order valence-electron chi connectivity index (χ0n) is 18.7. The van der Waals surface area contributed by atoms with Gasteiger partial charge < -0.3 is 9.73 Å². The number of carbonyl (C=O) groups excluding carboxylic acids is 1. The number of hydrogen-bond donors (Lipinski definition) is 1. The van der Waals surface area contributed by atoms with Crippen molar-refractivity contribution in [3.05, 3.63) is 76.0 Å². The van der Waals surface area contributed by atoms with Crippen molar-refractivity contribution in [2.24, 2.45) is 0 Å². The molecule has 1 aromatic carbocycles. The monoisotopic (exact) mass is 416 g/mol. The molecule has 0 atom stereocenters. The quantitative estimate of drug-likeness (QED) is 0.490. The Balaban J connectivity index is 1.60. The van der Waals surface area contributed by atoms with Crippen LogP contribution in [0.3, 0.4) is 0 Å². The number of hydrogen-bond acceptors (Lipinski definition) is 4. The van der Waals surface area contributed by atoms with E-state index < -0.39 is 0 Å². The maximum atomic E-state index is 12.3. The van der Waals surface area contributed by atoms with E-state index in [0.717, 1.165) is 45.0 Å². The molecule has 0 aliphatic rings. The van der Waals surface area contributed by atoms with Crippen molar-refractivity contribution in [3.63, 3.8) is 0 Å². The highest BCUT2D eigenvalue weighted by molar-refractivity contribution is 5.85. The van der Waals surface area contributed by atoms with Crippen molar-refractivity contribution in [1.29, 1.82) is 0 Å². The van der Waals surface area contributed by atoms with Crippen molar-refractivity contribution < 1.29 is 9.21 Å². The predicted octanol–water partition coefficient (Wildman–Crippen LogP) is 4.80. The first-order chi connectivity index (χ1) is 14.8. The lowest BCUT2D eigenvalue weighted by Gasteiger charge is -2.12. The molecule has 6 nitrogen and oxygen atoms in total. The molecular formula is C25H28N4O2. The number of rotatable bonds is 6. The summed E-state index contributed by atoms with van der Waals surface area (Å²) in [7, 11) is 0. The minimum Gasteiger partial charge on any atom is -0.467 e. The number of amides is 1. The van der Waals surface area contributed by atoms with Gasteiger partial charge in [-0.1, -0.05) is 6.07 Å². The molecule has 0 radical (unpaired) electrons. The number of nitrogens with one attached hydrogen (secondary N) is 1. The van der Waals surface area contributed by atoms with Crippen LogP contribution in [0.4, 0.5) is 0 Å². The van der Waals surface area contributed by atoms with Crippen LogP contribution in [0.15, 0.2) is 41.0 Å². The summed E-state index contributed by atoms with van der Waals surface area (Å²) >= 11 is 0. The third kappa shape index (κ3) is 4.10. The van der Waals surface area contributed by atoms with E-state index in [-0.39, 0.29) is 5.91 Å². The molecule has 4 aromatic rings. The van der Waals surface area contributed by atoms with Crippen molar-refractivity contribution in [2.45, 2.75) is 54.0 Å². The third-order valence-electron chi connectivity index (χ3n) is 5.95. The molecule has 0 spiro atoms. The van der Waals surface area contributed by atoms with Crippen molar-refractivity contribution in [2.75, 3.05) is 0 Å². The van der Waals surface area contributed by atoms with Crippen LogP contribution in [-0.2, 0) is 17.8 Å². The molecule has 0 aliphatic carbocycles. The molecule has 6 heteroatoms. The lowest BCUT2D eigenvalue weighted by molar-refractivity contribution is -0.121. The molecule has 1 amide bonds.